The number of halogens is 1. The fourth-order valence-electron chi connectivity index (χ4n) is 5.47. The van der Waals surface area contributed by atoms with E-state index in [4.69, 9.17) is 4.74 Å². The minimum absolute atomic E-state index is 0.0679. The summed E-state index contributed by atoms with van der Waals surface area (Å²) in [6.07, 6.45) is 4.39. The van der Waals surface area contributed by atoms with Crippen molar-refractivity contribution in [1.29, 1.82) is 0 Å². The highest BCUT2D eigenvalue weighted by Gasteiger charge is 2.30. The lowest BCUT2D eigenvalue weighted by atomic mass is 9.90. The number of aryl methyl sites for hydroxylation is 1. The molecule has 1 unspecified atom stereocenters. The van der Waals surface area contributed by atoms with Crippen LogP contribution in [-0.2, 0) is 4.79 Å². The number of ether oxygens (including phenoxy) is 1. The molecule has 1 N–H and O–H groups in total. The summed E-state index contributed by atoms with van der Waals surface area (Å²) in [7, 11) is 0. The molecule has 8 nitrogen and oxygen atoms in total. The maximum Gasteiger partial charge on any atom is 0.333 e. The first-order chi connectivity index (χ1) is 18.3. The number of nitrogens with one attached hydrogen (secondary N) is 1. The molecule has 3 aromatic rings. The van der Waals surface area contributed by atoms with Gasteiger partial charge in [-0.05, 0) is 82.1 Å². The molecule has 1 aliphatic heterocycles. The Labute approximate surface area is 224 Å². The molecular weight excluding hydrogens is 507 g/mol. The Morgan fingerprint density at radius 1 is 1.05 bits per heavy atom. The van der Waals surface area contributed by atoms with Crippen LogP contribution in [0.25, 0.3) is 11.0 Å². The Balaban J connectivity index is 1.32. The molecule has 1 aliphatic carbocycles. The topological polar surface area (TPSA) is 95.2 Å². The zero-order valence-electron chi connectivity index (χ0n) is 21.7. The summed E-state index contributed by atoms with van der Waals surface area (Å²) < 4.78 is 22.8. The molecule has 1 atom stereocenters. The largest absolute Gasteiger partial charge is 0.481 e. The van der Waals surface area contributed by atoms with Gasteiger partial charge in [-0.15, -0.1) is 0 Å². The van der Waals surface area contributed by atoms with Crippen LogP contribution in [0, 0.1) is 12.7 Å². The highest BCUT2D eigenvalue weighted by Crippen LogP contribution is 2.30. The fourth-order valence-corrected chi connectivity index (χ4v) is 6.55. The normalized spacial score (nSPS) is 21.2. The first-order valence-corrected chi connectivity index (χ1v) is 14.4. The summed E-state index contributed by atoms with van der Waals surface area (Å²) >= 11 is 1.84. The monoisotopic (exact) mass is 540 g/mol. The zero-order valence-corrected chi connectivity index (χ0v) is 22.5. The van der Waals surface area contributed by atoms with Crippen molar-refractivity contribution in [3.63, 3.8) is 0 Å². The number of hydrogen-bond acceptors (Lipinski definition) is 6. The predicted molar refractivity (Wildman–Crippen MR) is 147 cm³/mol. The first kappa shape index (κ1) is 26.5. The standard InChI is InChI=1S/C28H33FN4O4S/c1-17-3-9-23(10-4-17)37-18(2)26(34)31-20-5-7-21(8-6-20)33-27(35)24-15-19(29)16-30-25(24)32(28(33)36)22-11-13-38-14-12-22/h3-4,9-10,15-16,18,20-22H,5-8,11-14H2,1-2H3,(H,31,34)/t18?,20-,21+. The van der Waals surface area contributed by atoms with Crippen LogP contribution in [0.2, 0.25) is 0 Å². The Bertz CT molecular complexity index is 1420. The van der Waals surface area contributed by atoms with Gasteiger partial charge in [0.2, 0.25) is 0 Å². The van der Waals surface area contributed by atoms with E-state index < -0.39 is 17.5 Å². The Kier molecular flexibility index (Phi) is 7.88. The van der Waals surface area contributed by atoms with E-state index in [-0.39, 0.29) is 40.8 Å². The van der Waals surface area contributed by atoms with E-state index >= 15 is 0 Å². The van der Waals surface area contributed by atoms with Crippen molar-refractivity contribution in [2.45, 2.75) is 76.6 Å². The van der Waals surface area contributed by atoms with E-state index in [2.05, 4.69) is 10.3 Å². The summed E-state index contributed by atoms with van der Waals surface area (Å²) in [5.41, 5.74) is 0.512. The third-order valence-electron chi connectivity index (χ3n) is 7.59. The van der Waals surface area contributed by atoms with Crippen LogP contribution >= 0.6 is 11.8 Å². The number of rotatable bonds is 6. The van der Waals surface area contributed by atoms with E-state index in [1.807, 2.05) is 43.0 Å². The molecule has 2 fully saturated rings. The van der Waals surface area contributed by atoms with E-state index in [1.165, 1.54) is 10.6 Å². The van der Waals surface area contributed by atoms with E-state index in [0.29, 0.717) is 31.4 Å². The van der Waals surface area contributed by atoms with Crippen molar-refractivity contribution in [2.24, 2.45) is 0 Å². The van der Waals surface area contributed by atoms with Gasteiger partial charge in [0.05, 0.1) is 11.6 Å². The van der Waals surface area contributed by atoms with Crippen LogP contribution < -0.4 is 21.3 Å². The molecule has 5 rings (SSSR count). The number of amides is 1. The summed E-state index contributed by atoms with van der Waals surface area (Å²) in [6.45, 7) is 3.71. The van der Waals surface area contributed by atoms with Crippen LogP contribution in [0.1, 0.15) is 63.1 Å². The van der Waals surface area contributed by atoms with Gasteiger partial charge in [-0.2, -0.15) is 11.8 Å². The van der Waals surface area contributed by atoms with Gasteiger partial charge in [-0.1, -0.05) is 17.7 Å². The summed E-state index contributed by atoms with van der Waals surface area (Å²) in [5, 5.41) is 3.19. The quantitative estimate of drug-likeness (QED) is 0.505. The number of carbonyl (C=O) groups is 1. The van der Waals surface area contributed by atoms with Gasteiger partial charge >= 0.3 is 5.69 Å². The average molecular weight is 541 g/mol. The van der Waals surface area contributed by atoms with Crippen molar-refractivity contribution in [3.8, 4) is 5.75 Å². The number of fused-ring (bicyclic) bond motifs is 1. The maximum atomic E-state index is 14.1. The number of pyridine rings is 1. The number of thioether (sulfide) groups is 1. The Morgan fingerprint density at radius 3 is 2.39 bits per heavy atom. The summed E-state index contributed by atoms with van der Waals surface area (Å²) in [5.74, 6) is 1.69. The second-order valence-electron chi connectivity index (χ2n) is 10.3. The first-order valence-electron chi connectivity index (χ1n) is 13.3. The molecule has 2 aromatic heterocycles. The van der Waals surface area contributed by atoms with Crippen molar-refractivity contribution in [2.75, 3.05) is 11.5 Å². The minimum Gasteiger partial charge on any atom is -0.481 e. The second kappa shape index (κ2) is 11.3. The molecule has 1 saturated heterocycles. The lowest BCUT2D eigenvalue weighted by Crippen LogP contribution is -2.47. The van der Waals surface area contributed by atoms with Crippen LogP contribution in [0.5, 0.6) is 5.75 Å². The third-order valence-corrected chi connectivity index (χ3v) is 8.64. The predicted octanol–water partition coefficient (Wildman–Crippen LogP) is 4.14. The molecule has 1 saturated carbocycles. The summed E-state index contributed by atoms with van der Waals surface area (Å²) in [6, 6.07) is 8.27. The highest BCUT2D eigenvalue weighted by atomic mass is 32.2. The van der Waals surface area contributed by atoms with Gasteiger partial charge in [0.25, 0.3) is 11.5 Å². The number of nitrogens with zero attached hydrogens (tertiary/aromatic N) is 3. The number of carbonyl (C=O) groups excluding carboxylic acids is 1. The zero-order chi connectivity index (χ0) is 26.8. The van der Waals surface area contributed by atoms with Crippen molar-refractivity contribution in [1.82, 2.24) is 19.4 Å². The molecule has 1 aromatic carbocycles. The van der Waals surface area contributed by atoms with Gasteiger partial charge in [0.15, 0.2) is 6.10 Å². The SMILES string of the molecule is Cc1ccc(OC(C)C(=O)N[C@H]2CC[C@@H](n3c(=O)c4cc(F)cnc4n(C4CCSCC4)c3=O)CC2)cc1. The Hall–Kier alpha value is -3.14. The highest BCUT2D eigenvalue weighted by molar-refractivity contribution is 7.99. The van der Waals surface area contributed by atoms with Crippen molar-refractivity contribution < 1.29 is 13.9 Å². The molecule has 202 valence electrons. The lowest BCUT2D eigenvalue weighted by molar-refractivity contribution is -0.128. The van der Waals surface area contributed by atoms with Crippen LogP contribution in [0.3, 0.4) is 0 Å². The smallest absolute Gasteiger partial charge is 0.333 e. The summed E-state index contributed by atoms with van der Waals surface area (Å²) in [4.78, 5) is 44.1. The molecule has 0 spiro atoms. The van der Waals surface area contributed by atoms with Gasteiger partial charge < -0.3 is 10.1 Å². The van der Waals surface area contributed by atoms with E-state index in [9.17, 15) is 18.8 Å². The second-order valence-corrected chi connectivity index (χ2v) is 11.5. The molecule has 10 heteroatoms. The molecule has 2 aliphatic rings. The Morgan fingerprint density at radius 2 is 1.71 bits per heavy atom. The van der Waals surface area contributed by atoms with Gasteiger partial charge in [0, 0.05) is 18.1 Å². The van der Waals surface area contributed by atoms with Gasteiger partial charge in [-0.3, -0.25) is 18.7 Å². The van der Waals surface area contributed by atoms with Gasteiger partial charge in [0.1, 0.15) is 17.2 Å². The lowest BCUT2D eigenvalue weighted by Gasteiger charge is -2.32. The average Bonchev–Trinajstić information content (AvgIpc) is 2.92. The van der Waals surface area contributed by atoms with Crippen LogP contribution in [-0.4, -0.2) is 43.7 Å². The van der Waals surface area contributed by atoms with Gasteiger partial charge in [-0.25, -0.2) is 14.2 Å². The molecule has 0 radical (unpaired) electrons. The minimum atomic E-state index is -0.651. The van der Waals surface area contributed by atoms with E-state index in [1.54, 1.807) is 11.5 Å². The molecule has 0 bridgehead atoms. The van der Waals surface area contributed by atoms with E-state index in [0.717, 1.165) is 36.1 Å². The number of aromatic nitrogens is 3. The van der Waals surface area contributed by atoms with Crippen molar-refractivity contribution in [3.05, 3.63) is 68.7 Å². The van der Waals surface area contributed by atoms with Crippen LogP contribution in [0.15, 0.2) is 46.1 Å². The molecule has 38 heavy (non-hydrogen) atoms. The molecular formula is C28H33FN4O4S. The number of hydrogen-bond donors (Lipinski definition) is 1. The number of benzene rings is 1. The van der Waals surface area contributed by atoms with Crippen molar-refractivity contribution >= 4 is 28.7 Å². The van der Waals surface area contributed by atoms with Crippen LogP contribution in [0.4, 0.5) is 4.39 Å². The molecule has 3 heterocycles. The fraction of sp³-hybridized carbons (Fsp3) is 0.500. The maximum absolute atomic E-state index is 14.1. The third kappa shape index (κ3) is 5.50. The molecule has 1 amide bonds.